The summed E-state index contributed by atoms with van der Waals surface area (Å²) in [4.78, 5) is 54.3. The Labute approximate surface area is 240 Å². The first-order chi connectivity index (χ1) is 20.3. The number of hydrogen-bond acceptors (Lipinski definition) is 7. The van der Waals surface area contributed by atoms with Crippen LogP contribution in [-0.4, -0.2) is 29.8 Å². The monoisotopic (exact) mass is 560 g/mol. The summed E-state index contributed by atoms with van der Waals surface area (Å²) in [6.45, 7) is 1.68. The molecule has 9 heteroatoms. The molecule has 1 fully saturated rings. The van der Waals surface area contributed by atoms with Gasteiger partial charge in [-0.2, -0.15) is 0 Å². The highest BCUT2D eigenvalue weighted by Gasteiger charge is 2.60. The summed E-state index contributed by atoms with van der Waals surface area (Å²) in [5.41, 5.74) is 2.52. The molecule has 0 saturated carbocycles. The topological polar surface area (TPSA) is 116 Å². The molecule has 0 N–H and O–H groups in total. The number of esters is 1. The molecule has 0 aromatic heterocycles. The van der Waals surface area contributed by atoms with Gasteiger partial charge < -0.3 is 9.47 Å². The van der Waals surface area contributed by atoms with Gasteiger partial charge in [0, 0.05) is 29.0 Å². The summed E-state index contributed by atoms with van der Waals surface area (Å²) in [5, 5.41) is 13.2. The smallest absolute Gasteiger partial charge is 0.319 e. The number of anilines is 1. The van der Waals surface area contributed by atoms with Gasteiger partial charge in [0.1, 0.15) is 11.5 Å². The molecule has 0 unspecified atom stereocenters. The summed E-state index contributed by atoms with van der Waals surface area (Å²) < 4.78 is 11.3. The molecule has 208 valence electrons. The largest absolute Gasteiger partial charge is 0.497 e. The SMILES string of the molecule is COc1ccc([C@@H]2C=C3c4ccc5ccccc5c4OC(=O)[C@@H]3[C@H]3C(=O)N(c4cc([N+](=O)[O-])ccc4C)C(=O)[C@@H]32)cc1. The van der Waals surface area contributed by atoms with Gasteiger partial charge in [-0.25, -0.2) is 4.90 Å². The summed E-state index contributed by atoms with van der Waals surface area (Å²) in [6, 6.07) is 22.8. The van der Waals surface area contributed by atoms with Gasteiger partial charge in [-0.05, 0) is 41.1 Å². The molecule has 7 rings (SSSR count). The van der Waals surface area contributed by atoms with Crippen LogP contribution in [0.25, 0.3) is 16.3 Å². The van der Waals surface area contributed by atoms with Crippen LogP contribution in [0.5, 0.6) is 11.5 Å². The van der Waals surface area contributed by atoms with Crippen molar-refractivity contribution in [2.75, 3.05) is 12.0 Å². The first-order valence-electron chi connectivity index (χ1n) is 13.5. The minimum atomic E-state index is -1.06. The van der Waals surface area contributed by atoms with Crippen LogP contribution in [0.1, 0.15) is 22.6 Å². The number of fused-ring (bicyclic) bond motifs is 7. The van der Waals surface area contributed by atoms with Crippen molar-refractivity contribution >= 4 is 45.5 Å². The van der Waals surface area contributed by atoms with E-state index in [0.717, 1.165) is 21.2 Å². The lowest BCUT2D eigenvalue weighted by atomic mass is 9.64. The van der Waals surface area contributed by atoms with Gasteiger partial charge in [0.05, 0.1) is 35.5 Å². The number of non-ortho nitro benzene ring substituents is 1. The Kier molecular flexibility index (Phi) is 5.72. The van der Waals surface area contributed by atoms with Gasteiger partial charge >= 0.3 is 5.97 Å². The minimum absolute atomic E-state index is 0.138. The lowest BCUT2D eigenvalue weighted by Crippen LogP contribution is -2.42. The summed E-state index contributed by atoms with van der Waals surface area (Å²) >= 11 is 0. The van der Waals surface area contributed by atoms with Gasteiger partial charge in [-0.15, -0.1) is 0 Å². The Morgan fingerprint density at radius 2 is 1.64 bits per heavy atom. The Bertz CT molecular complexity index is 1880. The maximum absolute atomic E-state index is 14.3. The van der Waals surface area contributed by atoms with E-state index in [9.17, 15) is 24.5 Å². The molecular formula is C33H24N2O7. The second-order valence-electron chi connectivity index (χ2n) is 10.8. The number of nitro benzene ring substituents is 1. The van der Waals surface area contributed by atoms with Crippen molar-refractivity contribution in [1.82, 2.24) is 0 Å². The lowest BCUT2D eigenvalue weighted by Gasteiger charge is -2.38. The molecule has 1 aliphatic carbocycles. The van der Waals surface area contributed by atoms with Gasteiger partial charge in [-0.3, -0.25) is 24.5 Å². The maximum Gasteiger partial charge on any atom is 0.319 e. The molecule has 0 spiro atoms. The molecule has 2 heterocycles. The van der Waals surface area contributed by atoms with E-state index in [2.05, 4.69) is 0 Å². The zero-order chi connectivity index (χ0) is 29.3. The number of rotatable bonds is 4. The van der Waals surface area contributed by atoms with Crippen molar-refractivity contribution < 1.29 is 28.8 Å². The average Bonchev–Trinajstić information content (AvgIpc) is 3.26. The Morgan fingerprint density at radius 3 is 2.38 bits per heavy atom. The second-order valence-corrected chi connectivity index (χ2v) is 10.8. The molecule has 2 amide bonds. The number of nitrogens with zero attached hydrogens (tertiary/aromatic N) is 2. The number of amides is 2. The van der Waals surface area contributed by atoms with E-state index in [1.54, 1.807) is 26.2 Å². The molecule has 4 atom stereocenters. The first kappa shape index (κ1) is 25.6. The summed E-state index contributed by atoms with van der Waals surface area (Å²) in [6.07, 6.45) is 1.91. The summed E-state index contributed by atoms with van der Waals surface area (Å²) in [5.74, 6) is -4.19. The third-order valence-corrected chi connectivity index (χ3v) is 8.63. The molecule has 42 heavy (non-hydrogen) atoms. The van der Waals surface area contributed by atoms with Crippen LogP contribution >= 0.6 is 0 Å². The molecule has 9 nitrogen and oxygen atoms in total. The number of methoxy groups -OCH3 is 1. The van der Waals surface area contributed by atoms with Crippen LogP contribution in [0.15, 0.2) is 84.9 Å². The third-order valence-electron chi connectivity index (χ3n) is 8.63. The summed E-state index contributed by atoms with van der Waals surface area (Å²) in [7, 11) is 1.56. The highest BCUT2D eigenvalue weighted by molar-refractivity contribution is 6.25. The third kappa shape index (κ3) is 3.66. The zero-order valence-electron chi connectivity index (χ0n) is 22.6. The van der Waals surface area contributed by atoms with Crippen LogP contribution in [0.3, 0.4) is 0 Å². The quantitative estimate of drug-likeness (QED) is 0.105. The van der Waals surface area contributed by atoms with E-state index in [1.165, 1.54) is 18.2 Å². The fourth-order valence-electron chi connectivity index (χ4n) is 6.63. The fourth-order valence-corrected chi connectivity index (χ4v) is 6.63. The predicted octanol–water partition coefficient (Wildman–Crippen LogP) is 5.59. The van der Waals surface area contributed by atoms with Crippen molar-refractivity contribution in [2.45, 2.75) is 12.8 Å². The number of carbonyl (C=O) groups excluding carboxylic acids is 3. The lowest BCUT2D eigenvalue weighted by molar-refractivity contribution is -0.384. The van der Waals surface area contributed by atoms with Crippen molar-refractivity contribution in [3.63, 3.8) is 0 Å². The van der Waals surface area contributed by atoms with E-state index in [1.807, 2.05) is 54.6 Å². The minimum Gasteiger partial charge on any atom is -0.497 e. The Balaban J connectivity index is 1.44. The van der Waals surface area contributed by atoms with E-state index in [0.29, 0.717) is 28.2 Å². The Hall–Kier alpha value is -5.31. The number of aryl methyl sites for hydroxylation is 1. The van der Waals surface area contributed by atoms with Gasteiger partial charge in [0.25, 0.3) is 5.69 Å². The molecule has 4 aromatic rings. The molecule has 0 radical (unpaired) electrons. The van der Waals surface area contributed by atoms with Crippen molar-refractivity contribution in [1.29, 1.82) is 0 Å². The van der Waals surface area contributed by atoms with E-state index in [4.69, 9.17) is 9.47 Å². The highest BCUT2D eigenvalue weighted by atomic mass is 16.6. The van der Waals surface area contributed by atoms with E-state index < -0.39 is 46.4 Å². The number of benzene rings is 4. The van der Waals surface area contributed by atoms with Crippen LogP contribution in [0, 0.1) is 34.8 Å². The number of nitro groups is 1. The zero-order valence-corrected chi connectivity index (χ0v) is 22.6. The van der Waals surface area contributed by atoms with Crippen molar-refractivity contribution in [3.8, 4) is 11.5 Å². The van der Waals surface area contributed by atoms with Crippen LogP contribution in [-0.2, 0) is 14.4 Å². The number of hydrogen-bond donors (Lipinski definition) is 0. The standard InChI is InChI=1S/C33H24N2O7/c1-17-7-11-20(35(39)40)15-26(17)34-31(36)27-24(19-8-12-21(41-2)13-9-19)16-25-23-14-10-18-5-3-4-6-22(18)30(23)42-33(38)28(25)29(27)32(34)37/h3-16,24,27-29H,1-2H3/t24-,27+,28-,29-/m0/s1. The first-order valence-corrected chi connectivity index (χ1v) is 13.5. The van der Waals surface area contributed by atoms with Crippen LogP contribution < -0.4 is 14.4 Å². The second kappa shape index (κ2) is 9.37. The highest BCUT2D eigenvalue weighted by Crippen LogP contribution is 2.55. The number of carbonyl (C=O) groups is 3. The Morgan fingerprint density at radius 1 is 0.905 bits per heavy atom. The van der Waals surface area contributed by atoms with Crippen LogP contribution in [0.4, 0.5) is 11.4 Å². The molecule has 3 aliphatic rings. The average molecular weight is 561 g/mol. The molecule has 4 aromatic carbocycles. The van der Waals surface area contributed by atoms with Crippen molar-refractivity contribution in [2.24, 2.45) is 17.8 Å². The normalized spacial score (nSPS) is 22.7. The number of allylic oxidation sites excluding steroid dienone is 1. The fraction of sp³-hybridized carbons (Fsp3) is 0.182. The van der Waals surface area contributed by atoms with Crippen LogP contribution in [0.2, 0.25) is 0 Å². The molecular weight excluding hydrogens is 536 g/mol. The molecule has 0 bridgehead atoms. The maximum atomic E-state index is 14.3. The molecule has 2 aliphatic heterocycles. The predicted molar refractivity (Wildman–Crippen MR) is 154 cm³/mol. The number of imide groups is 1. The van der Waals surface area contributed by atoms with E-state index >= 15 is 0 Å². The van der Waals surface area contributed by atoms with E-state index in [-0.39, 0.29) is 11.4 Å². The molecule has 1 saturated heterocycles. The van der Waals surface area contributed by atoms with Crippen molar-refractivity contribution in [3.05, 3.63) is 112 Å². The number of ether oxygens (including phenoxy) is 2. The van der Waals surface area contributed by atoms with Gasteiger partial charge in [0.15, 0.2) is 0 Å². The van der Waals surface area contributed by atoms with Gasteiger partial charge in [0.2, 0.25) is 11.8 Å². The van der Waals surface area contributed by atoms with Gasteiger partial charge in [-0.1, -0.05) is 60.7 Å².